The van der Waals surface area contributed by atoms with Crippen LogP contribution in [-0.4, -0.2) is 44.8 Å². The number of piperidine rings is 1. The molecule has 2 aromatic rings. The number of halogens is 1. The van der Waals surface area contributed by atoms with Crippen molar-refractivity contribution in [3.63, 3.8) is 0 Å². The number of sulfonamides is 1. The Morgan fingerprint density at radius 2 is 1.84 bits per heavy atom. The highest BCUT2D eigenvalue weighted by Gasteiger charge is 2.34. The number of carbonyl (C=O) groups excluding carboxylic acids is 2. The van der Waals surface area contributed by atoms with E-state index in [0.717, 1.165) is 0 Å². The number of carbonyl (C=O) groups is 2. The summed E-state index contributed by atoms with van der Waals surface area (Å²) in [7, 11) is -2.40. The molecule has 2 aromatic carbocycles. The first kappa shape index (κ1) is 23.2. The lowest BCUT2D eigenvalue weighted by Crippen LogP contribution is -2.46. The summed E-state index contributed by atoms with van der Waals surface area (Å²) in [4.78, 5) is 25.1. The minimum Gasteiger partial charge on any atom is -0.469 e. The molecular formula is C22H25ClN2O5S. The molecule has 1 saturated heterocycles. The van der Waals surface area contributed by atoms with Crippen LogP contribution in [0.25, 0.3) is 0 Å². The Bertz CT molecular complexity index is 1030. The third-order valence-electron chi connectivity index (χ3n) is 5.33. The molecule has 1 aliphatic heterocycles. The van der Waals surface area contributed by atoms with Crippen LogP contribution in [0.1, 0.15) is 30.9 Å². The summed E-state index contributed by atoms with van der Waals surface area (Å²) < 4.78 is 32.0. The molecule has 7 nitrogen and oxygen atoms in total. The fourth-order valence-electron chi connectivity index (χ4n) is 3.65. The average molecular weight is 465 g/mol. The molecule has 31 heavy (non-hydrogen) atoms. The molecule has 1 N–H and O–H groups in total. The fraction of sp³-hybridized carbons (Fsp3) is 0.364. The normalized spacial score (nSPS) is 18.2. The van der Waals surface area contributed by atoms with Gasteiger partial charge in [-0.25, -0.2) is 8.42 Å². The quantitative estimate of drug-likeness (QED) is 0.635. The summed E-state index contributed by atoms with van der Waals surface area (Å²) in [5.41, 5.74) is 0.604. The number of nitrogens with zero attached hydrogens (tertiary/aromatic N) is 1. The number of benzene rings is 2. The molecule has 1 aliphatic rings. The van der Waals surface area contributed by atoms with Crippen LogP contribution < -0.4 is 5.32 Å². The highest BCUT2D eigenvalue weighted by molar-refractivity contribution is 7.89. The molecule has 9 heteroatoms. The van der Waals surface area contributed by atoms with Gasteiger partial charge in [-0.1, -0.05) is 48.0 Å². The van der Waals surface area contributed by atoms with Crippen molar-refractivity contribution in [2.45, 2.75) is 30.2 Å². The van der Waals surface area contributed by atoms with Gasteiger partial charge in [0.25, 0.3) is 0 Å². The summed E-state index contributed by atoms with van der Waals surface area (Å²) in [6.07, 6.45) is 1.04. The van der Waals surface area contributed by atoms with E-state index in [1.165, 1.54) is 11.4 Å². The monoisotopic (exact) mass is 464 g/mol. The lowest BCUT2D eigenvalue weighted by molar-refractivity contribution is -0.141. The summed E-state index contributed by atoms with van der Waals surface area (Å²) >= 11 is 6.27. The SMILES string of the molecule is COC(=O)CC(NC(=O)C1CCCN(S(=O)(=O)c2ccccc2)C1)c1ccccc1Cl. The van der Waals surface area contributed by atoms with Gasteiger partial charge in [0.15, 0.2) is 0 Å². The summed E-state index contributed by atoms with van der Waals surface area (Å²) in [6, 6.07) is 14.5. The second-order valence-electron chi connectivity index (χ2n) is 7.38. The van der Waals surface area contributed by atoms with E-state index >= 15 is 0 Å². The molecular weight excluding hydrogens is 440 g/mol. The summed E-state index contributed by atoms with van der Waals surface area (Å²) in [6.45, 7) is 0.438. The molecule has 2 unspecified atom stereocenters. The lowest BCUT2D eigenvalue weighted by Gasteiger charge is -2.32. The van der Waals surface area contributed by atoms with E-state index in [-0.39, 0.29) is 23.8 Å². The maximum Gasteiger partial charge on any atom is 0.307 e. The van der Waals surface area contributed by atoms with E-state index in [4.69, 9.17) is 16.3 Å². The molecule has 2 atom stereocenters. The largest absolute Gasteiger partial charge is 0.469 e. The van der Waals surface area contributed by atoms with E-state index in [2.05, 4.69) is 5.32 Å². The Labute approximate surface area is 187 Å². The van der Waals surface area contributed by atoms with Gasteiger partial charge in [-0.05, 0) is 36.6 Å². The van der Waals surface area contributed by atoms with Crippen LogP contribution in [0.4, 0.5) is 0 Å². The highest BCUT2D eigenvalue weighted by atomic mass is 35.5. The lowest BCUT2D eigenvalue weighted by atomic mass is 9.97. The third kappa shape index (κ3) is 5.64. The van der Waals surface area contributed by atoms with Crippen LogP contribution in [0.15, 0.2) is 59.5 Å². The molecule has 0 aliphatic carbocycles. The van der Waals surface area contributed by atoms with Crippen LogP contribution >= 0.6 is 11.6 Å². The van der Waals surface area contributed by atoms with E-state index in [0.29, 0.717) is 30.0 Å². The van der Waals surface area contributed by atoms with Crippen LogP contribution in [0.5, 0.6) is 0 Å². The second-order valence-corrected chi connectivity index (χ2v) is 9.72. The smallest absolute Gasteiger partial charge is 0.307 e. The van der Waals surface area contributed by atoms with Crippen molar-refractivity contribution in [2.24, 2.45) is 5.92 Å². The van der Waals surface area contributed by atoms with Gasteiger partial charge in [0.2, 0.25) is 15.9 Å². The van der Waals surface area contributed by atoms with Crippen LogP contribution in [0.2, 0.25) is 5.02 Å². The maximum atomic E-state index is 13.0. The summed E-state index contributed by atoms with van der Waals surface area (Å²) in [5, 5.41) is 3.30. The van der Waals surface area contributed by atoms with Crippen molar-refractivity contribution in [3.05, 3.63) is 65.2 Å². The van der Waals surface area contributed by atoms with Gasteiger partial charge < -0.3 is 10.1 Å². The van der Waals surface area contributed by atoms with Gasteiger partial charge >= 0.3 is 5.97 Å². The van der Waals surface area contributed by atoms with Crippen LogP contribution in [0, 0.1) is 5.92 Å². The zero-order chi connectivity index (χ0) is 22.4. The minimum absolute atomic E-state index is 0.0786. The van der Waals surface area contributed by atoms with Crippen molar-refractivity contribution in [2.75, 3.05) is 20.2 Å². The van der Waals surface area contributed by atoms with Crippen molar-refractivity contribution >= 4 is 33.5 Å². The molecule has 3 rings (SSSR count). The van der Waals surface area contributed by atoms with Crippen molar-refractivity contribution in [1.29, 1.82) is 0 Å². The van der Waals surface area contributed by atoms with Crippen molar-refractivity contribution in [1.82, 2.24) is 9.62 Å². The van der Waals surface area contributed by atoms with E-state index in [9.17, 15) is 18.0 Å². The van der Waals surface area contributed by atoms with E-state index in [1.54, 1.807) is 54.6 Å². The molecule has 0 spiro atoms. The number of hydrogen-bond donors (Lipinski definition) is 1. The molecule has 1 heterocycles. The van der Waals surface area contributed by atoms with E-state index < -0.39 is 28.0 Å². The number of rotatable bonds is 7. The maximum absolute atomic E-state index is 13.0. The zero-order valence-electron chi connectivity index (χ0n) is 17.2. The number of ether oxygens (including phenoxy) is 1. The third-order valence-corrected chi connectivity index (χ3v) is 7.56. The van der Waals surface area contributed by atoms with Gasteiger partial charge in [-0.2, -0.15) is 4.31 Å². The van der Waals surface area contributed by atoms with Gasteiger partial charge in [-0.3, -0.25) is 9.59 Å². The predicted molar refractivity (Wildman–Crippen MR) is 117 cm³/mol. The number of hydrogen-bond acceptors (Lipinski definition) is 5. The fourth-order valence-corrected chi connectivity index (χ4v) is 5.46. The second kappa shape index (κ2) is 10.3. The Hall–Kier alpha value is -2.42. The van der Waals surface area contributed by atoms with Gasteiger partial charge in [-0.15, -0.1) is 0 Å². The average Bonchev–Trinajstić information content (AvgIpc) is 2.79. The van der Waals surface area contributed by atoms with Crippen LogP contribution in [-0.2, 0) is 24.3 Å². The Balaban J connectivity index is 1.76. The van der Waals surface area contributed by atoms with Crippen molar-refractivity contribution < 1.29 is 22.7 Å². The van der Waals surface area contributed by atoms with Gasteiger partial charge in [0, 0.05) is 18.1 Å². The number of methoxy groups -OCH3 is 1. The van der Waals surface area contributed by atoms with E-state index in [1.807, 2.05) is 0 Å². The number of amides is 1. The topological polar surface area (TPSA) is 92.8 Å². The molecule has 1 fully saturated rings. The predicted octanol–water partition coefficient (Wildman–Crippen LogP) is 3.16. The van der Waals surface area contributed by atoms with Crippen LogP contribution in [0.3, 0.4) is 0 Å². The van der Waals surface area contributed by atoms with Gasteiger partial charge in [0.05, 0.1) is 30.4 Å². The zero-order valence-corrected chi connectivity index (χ0v) is 18.7. The Kier molecular flexibility index (Phi) is 7.69. The molecule has 0 bridgehead atoms. The summed E-state index contributed by atoms with van der Waals surface area (Å²) in [5.74, 6) is -1.33. The van der Waals surface area contributed by atoms with Gasteiger partial charge in [0.1, 0.15) is 0 Å². The molecule has 1 amide bonds. The molecule has 0 aromatic heterocycles. The standard InChI is InChI=1S/C22H25ClN2O5S/c1-30-21(26)14-20(18-11-5-6-12-19(18)23)24-22(27)16-8-7-13-25(15-16)31(28,29)17-9-3-2-4-10-17/h2-6,9-12,16,20H,7-8,13-15H2,1H3,(H,24,27). The first-order chi connectivity index (χ1) is 14.8. The highest BCUT2D eigenvalue weighted by Crippen LogP contribution is 2.28. The van der Waals surface area contributed by atoms with Crippen molar-refractivity contribution in [3.8, 4) is 0 Å². The minimum atomic E-state index is -3.68. The first-order valence-electron chi connectivity index (χ1n) is 9.99. The Morgan fingerprint density at radius 3 is 2.52 bits per heavy atom. The molecule has 0 radical (unpaired) electrons. The number of esters is 1. The number of nitrogens with one attached hydrogen (secondary N) is 1. The Morgan fingerprint density at radius 1 is 1.16 bits per heavy atom. The molecule has 166 valence electrons. The molecule has 0 saturated carbocycles. The first-order valence-corrected chi connectivity index (χ1v) is 11.8.